The Bertz CT molecular complexity index is 838. The van der Waals surface area contributed by atoms with E-state index in [-0.39, 0.29) is 16.9 Å². The third-order valence-electron chi connectivity index (χ3n) is 4.73. The highest BCUT2D eigenvalue weighted by Gasteiger charge is 2.35. The largest absolute Gasteiger partial charge is 0.365 e. The van der Waals surface area contributed by atoms with Gasteiger partial charge in [0.1, 0.15) is 11.6 Å². The van der Waals surface area contributed by atoms with Gasteiger partial charge in [-0.3, -0.25) is 4.79 Å². The first-order chi connectivity index (χ1) is 12.1. The Morgan fingerprint density at radius 3 is 2.69 bits per heavy atom. The summed E-state index contributed by atoms with van der Waals surface area (Å²) in [7, 11) is 0. The minimum absolute atomic E-state index is 0.0178. The lowest BCUT2D eigenvalue weighted by Crippen LogP contribution is -2.32. The van der Waals surface area contributed by atoms with Crippen molar-refractivity contribution in [2.75, 3.05) is 5.32 Å². The molecule has 0 radical (unpaired) electrons. The normalized spacial score (nSPS) is 18.9. The van der Waals surface area contributed by atoms with Crippen LogP contribution in [0, 0.1) is 5.41 Å². The number of amides is 1. The van der Waals surface area contributed by atoms with Gasteiger partial charge in [-0.15, -0.1) is 0 Å². The average molecular weight is 353 g/mol. The molecule has 3 N–H and O–H groups in total. The van der Waals surface area contributed by atoms with Gasteiger partial charge in [-0.1, -0.05) is 34.6 Å². The van der Waals surface area contributed by atoms with Gasteiger partial charge in [-0.05, 0) is 30.4 Å². The van der Waals surface area contributed by atoms with Crippen molar-refractivity contribution < 1.29 is 4.79 Å². The Kier molecular flexibility index (Phi) is 4.46. The predicted molar refractivity (Wildman–Crippen MR) is 102 cm³/mol. The lowest BCUT2D eigenvalue weighted by Gasteiger charge is -2.37. The van der Waals surface area contributed by atoms with E-state index in [1.54, 1.807) is 18.3 Å². The number of anilines is 1. The van der Waals surface area contributed by atoms with Gasteiger partial charge in [0.05, 0.1) is 11.6 Å². The number of hydrogen-bond acceptors (Lipinski definition) is 5. The SMILES string of the molecule is CC1(C)Cc2nc(C(C)(C)C)ncc2[C@H](Nc2ncccc2C(N)=O)C1. The smallest absolute Gasteiger partial charge is 0.252 e. The van der Waals surface area contributed by atoms with Crippen molar-refractivity contribution in [3.8, 4) is 0 Å². The second kappa shape index (κ2) is 6.34. The summed E-state index contributed by atoms with van der Waals surface area (Å²) in [6.45, 7) is 10.8. The molecule has 26 heavy (non-hydrogen) atoms. The van der Waals surface area contributed by atoms with Gasteiger partial charge >= 0.3 is 0 Å². The van der Waals surface area contributed by atoms with Crippen molar-refractivity contribution in [2.24, 2.45) is 11.1 Å². The molecule has 2 heterocycles. The molecule has 0 bridgehead atoms. The molecule has 0 aromatic carbocycles. The van der Waals surface area contributed by atoms with Crippen LogP contribution < -0.4 is 11.1 Å². The number of primary amides is 1. The summed E-state index contributed by atoms with van der Waals surface area (Å²) in [5.41, 5.74) is 8.00. The van der Waals surface area contributed by atoms with Crippen LogP contribution in [0.2, 0.25) is 0 Å². The van der Waals surface area contributed by atoms with Crippen LogP contribution in [-0.4, -0.2) is 20.9 Å². The topological polar surface area (TPSA) is 93.8 Å². The number of hydrogen-bond donors (Lipinski definition) is 2. The Hall–Kier alpha value is -2.50. The summed E-state index contributed by atoms with van der Waals surface area (Å²) >= 11 is 0. The van der Waals surface area contributed by atoms with Crippen molar-refractivity contribution in [2.45, 2.75) is 58.9 Å². The monoisotopic (exact) mass is 353 g/mol. The van der Waals surface area contributed by atoms with Gasteiger partial charge in [0.15, 0.2) is 0 Å². The van der Waals surface area contributed by atoms with Crippen LogP contribution in [0.5, 0.6) is 0 Å². The molecule has 0 saturated carbocycles. The first kappa shape index (κ1) is 18.3. The Morgan fingerprint density at radius 2 is 2.04 bits per heavy atom. The number of rotatable bonds is 3. The molecular weight excluding hydrogens is 326 g/mol. The van der Waals surface area contributed by atoms with Crippen LogP contribution in [0.3, 0.4) is 0 Å². The highest BCUT2D eigenvalue weighted by atomic mass is 16.1. The molecule has 138 valence electrons. The zero-order chi connectivity index (χ0) is 19.1. The standard InChI is InChI=1S/C20H27N5O/c1-19(2,3)18-23-11-13-14(9-20(4,5)10-15(13)25-18)24-17-12(16(21)26)7-6-8-22-17/h6-8,11,14H,9-10H2,1-5H3,(H2,21,26)(H,22,24)/t14-/m1/s1. The van der Waals surface area contributed by atoms with Crippen LogP contribution >= 0.6 is 0 Å². The molecule has 1 aliphatic carbocycles. The summed E-state index contributed by atoms with van der Waals surface area (Å²) in [4.78, 5) is 25.5. The van der Waals surface area contributed by atoms with Crippen LogP contribution in [0.25, 0.3) is 0 Å². The van der Waals surface area contributed by atoms with Gasteiger partial charge in [0.25, 0.3) is 5.91 Å². The number of aromatic nitrogens is 3. The zero-order valence-corrected chi connectivity index (χ0v) is 16.1. The molecule has 3 rings (SSSR count). The van der Waals surface area contributed by atoms with E-state index in [1.165, 1.54) is 0 Å². The fourth-order valence-corrected chi connectivity index (χ4v) is 3.42. The molecule has 0 spiro atoms. The number of nitrogens with two attached hydrogens (primary N) is 1. The highest BCUT2D eigenvalue weighted by Crippen LogP contribution is 2.41. The van der Waals surface area contributed by atoms with Crippen LogP contribution in [-0.2, 0) is 11.8 Å². The quantitative estimate of drug-likeness (QED) is 0.882. The van der Waals surface area contributed by atoms with Gasteiger partial charge in [0, 0.05) is 29.1 Å². The third kappa shape index (κ3) is 3.69. The van der Waals surface area contributed by atoms with Crippen LogP contribution in [0.15, 0.2) is 24.5 Å². The number of carbonyl (C=O) groups excluding carboxylic acids is 1. The average Bonchev–Trinajstić information content (AvgIpc) is 2.52. The van der Waals surface area contributed by atoms with Crippen molar-refractivity contribution in [3.63, 3.8) is 0 Å². The second-order valence-corrected chi connectivity index (χ2v) is 8.85. The van der Waals surface area contributed by atoms with Gasteiger partial charge in [0.2, 0.25) is 0 Å². The minimum atomic E-state index is -0.491. The molecular formula is C20H27N5O. The molecule has 2 aromatic heterocycles. The van der Waals surface area contributed by atoms with E-state index in [0.29, 0.717) is 11.4 Å². The second-order valence-electron chi connectivity index (χ2n) is 8.85. The lowest BCUT2D eigenvalue weighted by molar-refractivity contribution is 0.100. The molecule has 0 saturated heterocycles. The Labute approximate surface area is 154 Å². The first-order valence-corrected chi connectivity index (χ1v) is 8.94. The molecule has 2 aromatic rings. The van der Waals surface area contributed by atoms with Crippen molar-refractivity contribution >= 4 is 11.7 Å². The number of pyridine rings is 1. The van der Waals surface area contributed by atoms with E-state index in [4.69, 9.17) is 10.7 Å². The number of fused-ring (bicyclic) bond motifs is 1. The Balaban J connectivity index is 2.01. The summed E-state index contributed by atoms with van der Waals surface area (Å²) < 4.78 is 0. The predicted octanol–water partition coefficient (Wildman–Crippen LogP) is 3.39. The van der Waals surface area contributed by atoms with E-state index in [9.17, 15) is 4.79 Å². The maximum absolute atomic E-state index is 11.7. The molecule has 6 heteroatoms. The van der Waals surface area contributed by atoms with Gasteiger partial charge < -0.3 is 11.1 Å². The van der Waals surface area contributed by atoms with Crippen LogP contribution in [0.1, 0.15) is 74.5 Å². The van der Waals surface area contributed by atoms with E-state index < -0.39 is 5.91 Å². The maximum Gasteiger partial charge on any atom is 0.252 e. The zero-order valence-electron chi connectivity index (χ0n) is 16.1. The summed E-state index contributed by atoms with van der Waals surface area (Å²) in [6.07, 6.45) is 5.37. The fourth-order valence-electron chi connectivity index (χ4n) is 3.42. The van der Waals surface area contributed by atoms with Gasteiger partial charge in [-0.25, -0.2) is 15.0 Å². The molecule has 1 aliphatic rings. The number of nitrogens with one attached hydrogen (secondary N) is 1. The first-order valence-electron chi connectivity index (χ1n) is 8.94. The highest BCUT2D eigenvalue weighted by molar-refractivity contribution is 5.97. The molecule has 1 amide bonds. The van der Waals surface area contributed by atoms with E-state index in [2.05, 4.69) is 49.9 Å². The fraction of sp³-hybridized carbons (Fsp3) is 0.500. The van der Waals surface area contributed by atoms with E-state index in [0.717, 1.165) is 29.9 Å². The maximum atomic E-state index is 11.7. The Morgan fingerprint density at radius 1 is 1.31 bits per heavy atom. The molecule has 0 aliphatic heterocycles. The molecule has 1 atom stereocenters. The summed E-state index contributed by atoms with van der Waals surface area (Å²) in [5, 5.41) is 3.41. The van der Waals surface area contributed by atoms with Crippen LogP contribution in [0.4, 0.5) is 5.82 Å². The number of nitrogens with zero attached hydrogens (tertiary/aromatic N) is 3. The van der Waals surface area contributed by atoms with E-state index in [1.807, 2.05) is 6.20 Å². The number of carbonyl (C=O) groups is 1. The molecule has 0 unspecified atom stereocenters. The summed E-state index contributed by atoms with van der Waals surface area (Å²) in [5.74, 6) is 0.868. The van der Waals surface area contributed by atoms with Crippen molar-refractivity contribution in [3.05, 3.63) is 47.2 Å². The molecule has 6 nitrogen and oxygen atoms in total. The summed E-state index contributed by atoms with van der Waals surface area (Å²) in [6, 6.07) is 3.38. The van der Waals surface area contributed by atoms with Crippen molar-refractivity contribution in [1.82, 2.24) is 15.0 Å². The minimum Gasteiger partial charge on any atom is -0.365 e. The third-order valence-corrected chi connectivity index (χ3v) is 4.73. The van der Waals surface area contributed by atoms with Crippen molar-refractivity contribution in [1.29, 1.82) is 0 Å². The molecule has 0 fully saturated rings. The van der Waals surface area contributed by atoms with Gasteiger partial charge in [-0.2, -0.15) is 0 Å². The lowest BCUT2D eigenvalue weighted by atomic mass is 9.74. The van der Waals surface area contributed by atoms with E-state index >= 15 is 0 Å².